The van der Waals surface area contributed by atoms with E-state index in [9.17, 15) is 21.6 Å². The molecule has 1 saturated heterocycles. The van der Waals surface area contributed by atoms with Crippen LogP contribution in [0.3, 0.4) is 0 Å². The van der Waals surface area contributed by atoms with E-state index in [0.29, 0.717) is 19.6 Å². The van der Waals surface area contributed by atoms with Gasteiger partial charge in [-0.15, -0.1) is 11.3 Å². The topological polar surface area (TPSA) is 84.7 Å². The highest BCUT2D eigenvalue weighted by Gasteiger charge is 2.36. The zero-order valence-electron chi connectivity index (χ0n) is 14.2. The van der Waals surface area contributed by atoms with Crippen molar-refractivity contribution in [3.8, 4) is 10.6 Å². The van der Waals surface area contributed by atoms with Crippen molar-refractivity contribution in [2.45, 2.75) is 16.8 Å². The summed E-state index contributed by atoms with van der Waals surface area (Å²) >= 11 is 0.836. The number of sulfonamides is 1. The molecule has 0 bridgehead atoms. The second-order valence-electron chi connectivity index (χ2n) is 5.90. The second kappa shape index (κ2) is 8.27. The summed E-state index contributed by atoms with van der Waals surface area (Å²) in [5, 5.41) is 3.36. The molecule has 3 heterocycles. The molecule has 1 aliphatic heterocycles. The first-order chi connectivity index (χ1) is 12.8. The van der Waals surface area contributed by atoms with Gasteiger partial charge in [0, 0.05) is 25.7 Å². The summed E-state index contributed by atoms with van der Waals surface area (Å²) in [5.74, 6) is -1.23. The number of alkyl halides is 3. The van der Waals surface area contributed by atoms with E-state index in [1.165, 1.54) is 12.1 Å². The molecule has 0 amide bonds. The Morgan fingerprint density at radius 1 is 1.26 bits per heavy atom. The molecule has 3 rings (SSSR count). The largest absolute Gasteiger partial charge is 0.452 e. The van der Waals surface area contributed by atoms with Crippen LogP contribution in [-0.4, -0.2) is 57.9 Å². The molecule has 7 nitrogen and oxygen atoms in total. The van der Waals surface area contributed by atoms with E-state index >= 15 is 0 Å². The number of hydrogen-bond donors (Lipinski definition) is 1. The predicted octanol–water partition coefficient (Wildman–Crippen LogP) is 2.42. The number of aromatic nitrogens is 1. The number of nitrogens with zero attached hydrogens (tertiary/aromatic N) is 2. The third kappa shape index (κ3) is 5.29. The molecule has 1 aliphatic rings. The van der Waals surface area contributed by atoms with Crippen LogP contribution in [0.4, 0.5) is 13.2 Å². The summed E-state index contributed by atoms with van der Waals surface area (Å²) in [7, 11) is -3.73. The fraction of sp³-hybridized carbons (Fsp3) is 0.533. The third-order valence-corrected chi connectivity index (χ3v) is 7.00. The lowest BCUT2D eigenvalue weighted by molar-refractivity contribution is -0.155. The Balaban J connectivity index is 1.56. The summed E-state index contributed by atoms with van der Waals surface area (Å²) in [4.78, 5) is 2.48. The molecule has 2 aromatic heterocycles. The van der Waals surface area contributed by atoms with E-state index in [2.05, 4.69) is 19.3 Å². The highest BCUT2D eigenvalue weighted by Crippen LogP contribution is 2.35. The van der Waals surface area contributed by atoms with Crippen molar-refractivity contribution in [3.05, 3.63) is 24.0 Å². The fourth-order valence-electron chi connectivity index (χ4n) is 2.53. The maximum atomic E-state index is 12.6. The normalized spacial score (nSPS) is 16.7. The Bertz CT molecular complexity index is 858. The number of rotatable bonds is 7. The van der Waals surface area contributed by atoms with E-state index < -0.39 is 22.0 Å². The Hall–Kier alpha value is -1.47. The monoisotopic (exact) mass is 425 g/mol. The van der Waals surface area contributed by atoms with Crippen molar-refractivity contribution in [2.24, 2.45) is 0 Å². The highest BCUT2D eigenvalue weighted by molar-refractivity contribution is 7.91. The quantitative estimate of drug-likeness (QED) is 0.686. The summed E-state index contributed by atoms with van der Waals surface area (Å²) in [6.07, 6.45) is -3.99. The van der Waals surface area contributed by atoms with Crippen LogP contribution in [0, 0.1) is 0 Å². The zero-order chi connectivity index (χ0) is 19.5. The maximum absolute atomic E-state index is 12.6. The minimum Gasteiger partial charge on any atom is -0.379 e. The molecule has 12 heteroatoms. The number of hydrogen-bond acceptors (Lipinski definition) is 7. The summed E-state index contributed by atoms with van der Waals surface area (Å²) in [6.45, 7) is 4.07. The van der Waals surface area contributed by atoms with Crippen molar-refractivity contribution in [3.63, 3.8) is 0 Å². The van der Waals surface area contributed by atoms with Crippen LogP contribution in [0.25, 0.3) is 10.6 Å². The molecule has 0 spiro atoms. The molecule has 0 unspecified atom stereocenters. The van der Waals surface area contributed by atoms with Crippen LogP contribution < -0.4 is 4.72 Å². The van der Waals surface area contributed by atoms with Gasteiger partial charge in [-0.05, 0) is 25.1 Å². The van der Waals surface area contributed by atoms with Gasteiger partial charge in [0.2, 0.25) is 15.8 Å². The van der Waals surface area contributed by atoms with E-state index in [1.807, 2.05) is 0 Å². The first-order valence-electron chi connectivity index (χ1n) is 8.19. The van der Waals surface area contributed by atoms with Crippen LogP contribution >= 0.6 is 11.3 Å². The standard InChI is InChI=1S/C15H18F3N3O4S2/c16-15(17,18)13-10-11(20-25-13)12-2-3-14(26-12)27(22,23)19-4-1-5-21-6-8-24-9-7-21/h2-3,10,19H,1,4-9H2. The fourth-order valence-corrected chi connectivity index (χ4v) is 4.91. The molecule has 1 fully saturated rings. The number of thiophene rings is 1. The molecule has 0 radical (unpaired) electrons. The Morgan fingerprint density at radius 3 is 2.67 bits per heavy atom. The molecule has 0 aromatic carbocycles. The second-order valence-corrected chi connectivity index (χ2v) is 8.98. The van der Waals surface area contributed by atoms with Crippen molar-refractivity contribution in [1.29, 1.82) is 0 Å². The predicted molar refractivity (Wildman–Crippen MR) is 91.9 cm³/mol. The van der Waals surface area contributed by atoms with Crippen LogP contribution in [0.5, 0.6) is 0 Å². The lowest BCUT2D eigenvalue weighted by Gasteiger charge is -2.26. The average Bonchev–Trinajstić information content (AvgIpc) is 3.28. The lowest BCUT2D eigenvalue weighted by atomic mass is 10.3. The lowest BCUT2D eigenvalue weighted by Crippen LogP contribution is -2.38. The third-order valence-electron chi connectivity index (χ3n) is 3.94. The molecule has 27 heavy (non-hydrogen) atoms. The van der Waals surface area contributed by atoms with Crippen molar-refractivity contribution >= 4 is 21.4 Å². The SMILES string of the molecule is O=S(=O)(NCCCN1CCOCC1)c1ccc(-c2cc(C(F)(F)F)on2)s1. The van der Waals surface area contributed by atoms with Crippen LogP contribution in [0.2, 0.25) is 0 Å². The van der Waals surface area contributed by atoms with Crippen LogP contribution in [-0.2, 0) is 20.9 Å². The number of halogens is 3. The average molecular weight is 425 g/mol. The maximum Gasteiger partial charge on any atom is 0.452 e. The first kappa shape index (κ1) is 20.3. The Morgan fingerprint density at radius 2 is 2.00 bits per heavy atom. The van der Waals surface area contributed by atoms with E-state index in [0.717, 1.165) is 37.0 Å². The Kier molecular flexibility index (Phi) is 6.21. The molecule has 150 valence electrons. The smallest absolute Gasteiger partial charge is 0.379 e. The minimum absolute atomic E-state index is 0.0143. The summed E-state index contributed by atoms with van der Waals surface area (Å²) < 4.78 is 74.4. The molecule has 0 atom stereocenters. The molecule has 0 aliphatic carbocycles. The van der Waals surface area contributed by atoms with Crippen molar-refractivity contribution in [2.75, 3.05) is 39.4 Å². The van der Waals surface area contributed by atoms with Gasteiger partial charge < -0.3 is 9.26 Å². The van der Waals surface area contributed by atoms with Gasteiger partial charge in [-0.25, -0.2) is 13.1 Å². The van der Waals surface area contributed by atoms with Gasteiger partial charge in [0.25, 0.3) is 0 Å². The molecular weight excluding hydrogens is 407 g/mol. The van der Waals surface area contributed by atoms with Gasteiger partial charge in [-0.3, -0.25) is 4.90 Å². The molecule has 2 aromatic rings. The van der Waals surface area contributed by atoms with Crippen molar-refractivity contribution < 1.29 is 30.8 Å². The van der Waals surface area contributed by atoms with Crippen LogP contribution in [0.15, 0.2) is 26.9 Å². The van der Waals surface area contributed by atoms with Crippen molar-refractivity contribution in [1.82, 2.24) is 14.8 Å². The number of nitrogens with one attached hydrogen (secondary N) is 1. The summed E-state index contributed by atoms with van der Waals surface area (Å²) in [6, 6.07) is 3.50. The van der Waals surface area contributed by atoms with E-state index in [1.54, 1.807) is 0 Å². The zero-order valence-corrected chi connectivity index (χ0v) is 15.8. The van der Waals surface area contributed by atoms with Gasteiger partial charge in [-0.1, -0.05) is 5.16 Å². The molecule has 1 N–H and O–H groups in total. The highest BCUT2D eigenvalue weighted by atomic mass is 32.2. The Labute approximate surface area is 158 Å². The molecule has 0 saturated carbocycles. The van der Waals surface area contributed by atoms with Gasteiger partial charge >= 0.3 is 6.18 Å². The number of morpholine rings is 1. The van der Waals surface area contributed by atoms with Gasteiger partial charge in [-0.2, -0.15) is 13.2 Å². The number of ether oxygens (including phenoxy) is 1. The van der Waals surface area contributed by atoms with E-state index in [-0.39, 0.29) is 21.3 Å². The summed E-state index contributed by atoms with van der Waals surface area (Å²) in [5.41, 5.74) is -0.0545. The molecular formula is C15H18F3N3O4S2. The minimum atomic E-state index is -4.64. The van der Waals surface area contributed by atoms with Gasteiger partial charge in [0.05, 0.1) is 18.1 Å². The van der Waals surface area contributed by atoms with Gasteiger partial charge in [0.1, 0.15) is 9.90 Å². The first-order valence-corrected chi connectivity index (χ1v) is 10.5. The van der Waals surface area contributed by atoms with Gasteiger partial charge in [0.15, 0.2) is 0 Å². The van der Waals surface area contributed by atoms with E-state index in [4.69, 9.17) is 4.74 Å². The van der Waals surface area contributed by atoms with Crippen LogP contribution in [0.1, 0.15) is 12.2 Å².